The van der Waals surface area contributed by atoms with E-state index in [1.54, 1.807) is 10.7 Å². The standard InChI is InChI=1S/C14H16N4O/c1-17(8-12-7-16-18(2)9-12)14-4-3-11(10-19)5-13(14)6-15/h3-5,7,9,19H,8,10H2,1-2H3. The van der Waals surface area contributed by atoms with Crippen LogP contribution in [0.1, 0.15) is 16.7 Å². The van der Waals surface area contributed by atoms with Crippen LogP contribution in [0, 0.1) is 11.3 Å². The summed E-state index contributed by atoms with van der Waals surface area (Å²) < 4.78 is 1.75. The molecule has 5 nitrogen and oxygen atoms in total. The Morgan fingerprint density at radius 2 is 2.21 bits per heavy atom. The summed E-state index contributed by atoms with van der Waals surface area (Å²) in [6.07, 6.45) is 3.76. The van der Waals surface area contributed by atoms with E-state index in [4.69, 9.17) is 5.11 Å². The number of hydrogen-bond acceptors (Lipinski definition) is 4. The highest BCUT2D eigenvalue weighted by Crippen LogP contribution is 2.22. The van der Waals surface area contributed by atoms with Crippen molar-refractivity contribution in [2.75, 3.05) is 11.9 Å². The zero-order valence-electron chi connectivity index (χ0n) is 11.0. The number of hydrogen-bond donors (Lipinski definition) is 1. The number of benzene rings is 1. The lowest BCUT2D eigenvalue weighted by Gasteiger charge is -2.20. The Balaban J connectivity index is 2.23. The van der Waals surface area contributed by atoms with Crippen LogP contribution in [0.25, 0.3) is 0 Å². The fraction of sp³-hybridized carbons (Fsp3) is 0.286. The highest BCUT2D eigenvalue weighted by molar-refractivity contribution is 5.60. The molecule has 19 heavy (non-hydrogen) atoms. The third-order valence-electron chi connectivity index (χ3n) is 2.95. The molecular weight excluding hydrogens is 240 g/mol. The first-order valence-electron chi connectivity index (χ1n) is 5.96. The fourth-order valence-electron chi connectivity index (χ4n) is 2.02. The van der Waals surface area contributed by atoms with Gasteiger partial charge in [0.25, 0.3) is 0 Å². The van der Waals surface area contributed by atoms with E-state index >= 15 is 0 Å². The summed E-state index contributed by atoms with van der Waals surface area (Å²) >= 11 is 0. The molecule has 0 bridgehead atoms. The van der Waals surface area contributed by atoms with Crippen LogP contribution in [0.4, 0.5) is 5.69 Å². The van der Waals surface area contributed by atoms with Gasteiger partial charge in [0.05, 0.1) is 24.1 Å². The number of rotatable bonds is 4. The van der Waals surface area contributed by atoms with Crippen LogP contribution in [0.15, 0.2) is 30.6 Å². The first-order valence-corrected chi connectivity index (χ1v) is 5.96. The van der Waals surface area contributed by atoms with E-state index in [2.05, 4.69) is 11.2 Å². The second kappa shape index (κ2) is 5.55. The van der Waals surface area contributed by atoms with Gasteiger partial charge in [0.1, 0.15) is 6.07 Å². The molecule has 1 N–H and O–H groups in total. The molecule has 0 saturated carbocycles. The van der Waals surface area contributed by atoms with E-state index in [0.29, 0.717) is 12.1 Å². The van der Waals surface area contributed by atoms with Gasteiger partial charge in [-0.05, 0) is 17.7 Å². The van der Waals surface area contributed by atoms with Gasteiger partial charge in [0.15, 0.2) is 0 Å². The van der Waals surface area contributed by atoms with Crippen molar-refractivity contribution in [3.63, 3.8) is 0 Å². The molecule has 0 aliphatic rings. The molecule has 0 amide bonds. The smallest absolute Gasteiger partial charge is 0.101 e. The molecule has 2 aromatic rings. The van der Waals surface area contributed by atoms with Gasteiger partial charge in [0.2, 0.25) is 0 Å². The number of aryl methyl sites for hydroxylation is 1. The van der Waals surface area contributed by atoms with Gasteiger partial charge in [-0.1, -0.05) is 6.07 Å². The molecule has 0 aliphatic heterocycles. The third-order valence-corrected chi connectivity index (χ3v) is 2.95. The predicted octanol–water partition coefficient (Wildman–Crippen LogP) is 1.42. The first-order chi connectivity index (χ1) is 9.13. The summed E-state index contributed by atoms with van der Waals surface area (Å²) in [6.45, 7) is 0.627. The summed E-state index contributed by atoms with van der Waals surface area (Å²) in [6, 6.07) is 7.58. The summed E-state index contributed by atoms with van der Waals surface area (Å²) in [5.41, 5.74) is 3.25. The van der Waals surface area contributed by atoms with Crippen LogP contribution in [0.2, 0.25) is 0 Å². The number of aliphatic hydroxyl groups excluding tert-OH is 1. The van der Waals surface area contributed by atoms with Crippen molar-refractivity contribution in [3.8, 4) is 6.07 Å². The lowest BCUT2D eigenvalue weighted by molar-refractivity contribution is 0.282. The fourth-order valence-corrected chi connectivity index (χ4v) is 2.02. The van der Waals surface area contributed by atoms with Gasteiger partial charge < -0.3 is 10.0 Å². The lowest BCUT2D eigenvalue weighted by Crippen LogP contribution is -2.17. The number of aromatic nitrogens is 2. The average Bonchev–Trinajstić information content (AvgIpc) is 2.83. The van der Waals surface area contributed by atoms with Crippen LogP contribution in [0.5, 0.6) is 0 Å². The number of anilines is 1. The van der Waals surface area contributed by atoms with Crippen LogP contribution >= 0.6 is 0 Å². The lowest BCUT2D eigenvalue weighted by atomic mass is 10.1. The van der Waals surface area contributed by atoms with Gasteiger partial charge in [-0.15, -0.1) is 0 Å². The molecule has 0 unspecified atom stereocenters. The van der Waals surface area contributed by atoms with Crippen molar-refractivity contribution in [2.45, 2.75) is 13.2 Å². The SMILES string of the molecule is CN(Cc1cnn(C)c1)c1ccc(CO)cc1C#N. The van der Waals surface area contributed by atoms with Crippen LogP contribution in [-0.2, 0) is 20.2 Å². The maximum Gasteiger partial charge on any atom is 0.101 e. The van der Waals surface area contributed by atoms with E-state index in [1.165, 1.54) is 0 Å². The molecule has 0 fully saturated rings. The minimum atomic E-state index is -0.0543. The molecule has 0 aliphatic carbocycles. The monoisotopic (exact) mass is 256 g/mol. The number of aliphatic hydroxyl groups is 1. The molecule has 0 radical (unpaired) electrons. The second-order valence-corrected chi connectivity index (χ2v) is 4.50. The Hall–Kier alpha value is -2.32. The Morgan fingerprint density at radius 3 is 2.79 bits per heavy atom. The molecule has 0 atom stereocenters. The third kappa shape index (κ3) is 2.92. The van der Waals surface area contributed by atoms with Crippen molar-refractivity contribution in [1.82, 2.24) is 9.78 Å². The van der Waals surface area contributed by atoms with Crippen molar-refractivity contribution in [1.29, 1.82) is 5.26 Å². The Kier molecular flexibility index (Phi) is 3.83. The molecule has 1 aromatic carbocycles. The van der Waals surface area contributed by atoms with Crippen molar-refractivity contribution < 1.29 is 5.11 Å². The van der Waals surface area contributed by atoms with Crippen LogP contribution in [0.3, 0.4) is 0 Å². The molecule has 1 heterocycles. The highest BCUT2D eigenvalue weighted by Gasteiger charge is 2.09. The second-order valence-electron chi connectivity index (χ2n) is 4.50. The Labute approximate surface area is 112 Å². The van der Waals surface area contributed by atoms with Crippen LogP contribution in [-0.4, -0.2) is 21.9 Å². The average molecular weight is 256 g/mol. The van der Waals surface area contributed by atoms with Crippen molar-refractivity contribution >= 4 is 5.69 Å². The molecule has 0 saturated heterocycles. The van der Waals surface area contributed by atoms with E-state index in [1.807, 2.05) is 43.5 Å². The molecule has 2 rings (SSSR count). The van der Waals surface area contributed by atoms with E-state index < -0.39 is 0 Å². The van der Waals surface area contributed by atoms with Crippen LogP contribution < -0.4 is 4.90 Å². The normalized spacial score (nSPS) is 10.2. The maximum atomic E-state index is 9.18. The highest BCUT2D eigenvalue weighted by atomic mass is 16.3. The van der Waals surface area contributed by atoms with Gasteiger partial charge in [0, 0.05) is 32.4 Å². The quantitative estimate of drug-likeness (QED) is 0.898. The number of nitriles is 1. The van der Waals surface area contributed by atoms with Gasteiger partial charge in [-0.3, -0.25) is 4.68 Å². The predicted molar refractivity (Wildman–Crippen MR) is 72.4 cm³/mol. The molecule has 1 aromatic heterocycles. The van der Waals surface area contributed by atoms with Gasteiger partial charge in [-0.25, -0.2) is 0 Å². The first kappa shape index (κ1) is 13.1. The Morgan fingerprint density at radius 1 is 1.42 bits per heavy atom. The van der Waals surface area contributed by atoms with Crippen molar-refractivity contribution in [2.24, 2.45) is 7.05 Å². The number of nitrogens with zero attached hydrogens (tertiary/aromatic N) is 4. The van der Waals surface area contributed by atoms with E-state index in [9.17, 15) is 5.26 Å². The Bertz CT molecular complexity index is 612. The minimum Gasteiger partial charge on any atom is -0.392 e. The molecule has 5 heteroatoms. The summed E-state index contributed by atoms with van der Waals surface area (Å²) in [7, 11) is 3.81. The molecule has 98 valence electrons. The summed E-state index contributed by atoms with van der Waals surface area (Å²) in [5.74, 6) is 0. The largest absolute Gasteiger partial charge is 0.392 e. The van der Waals surface area contributed by atoms with Gasteiger partial charge in [-0.2, -0.15) is 10.4 Å². The zero-order valence-corrected chi connectivity index (χ0v) is 11.0. The molecular formula is C14H16N4O. The maximum absolute atomic E-state index is 9.18. The van der Waals surface area contributed by atoms with Crippen molar-refractivity contribution in [3.05, 3.63) is 47.3 Å². The van der Waals surface area contributed by atoms with E-state index in [0.717, 1.165) is 16.8 Å². The minimum absolute atomic E-state index is 0.0543. The van der Waals surface area contributed by atoms with E-state index in [-0.39, 0.29) is 6.61 Å². The molecule has 0 spiro atoms. The zero-order chi connectivity index (χ0) is 13.8. The van der Waals surface area contributed by atoms with Gasteiger partial charge >= 0.3 is 0 Å². The topological polar surface area (TPSA) is 65.1 Å². The summed E-state index contributed by atoms with van der Waals surface area (Å²) in [4.78, 5) is 2.00. The summed E-state index contributed by atoms with van der Waals surface area (Å²) in [5, 5.41) is 22.4.